The molecule has 106 valence electrons. The van der Waals surface area contributed by atoms with Crippen LogP contribution >= 0.6 is 11.8 Å². The Balaban J connectivity index is 1.76. The van der Waals surface area contributed by atoms with Gasteiger partial charge in [-0.05, 0) is 40.3 Å². The number of nitrogens with one attached hydrogen (secondary N) is 1. The summed E-state index contributed by atoms with van der Waals surface area (Å²) in [6.45, 7) is 0. The first-order chi connectivity index (χ1) is 10.4. The Morgan fingerprint density at radius 2 is 2.05 bits per heavy atom. The van der Waals surface area contributed by atoms with E-state index in [4.69, 9.17) is 5.84 Å². The summed E-state index contributed by atoms with van der Waals surface area (Å²) in [7, 11) is 0. The van der Waals surface area contributed by atoms with E-state index >= 15 is 0 Å². The average Bonchev–Trinajstić information content (AvgIpc) is 3.02. The summed E-state index contributed by atoms with van der Waals surface area (Å²) >= 11 is 1.55. The molecule has 3 N–H and O–H groups in total. The molecule has 0 bridgehead atoms. The fraction of sp³-hybridized carbons (Fsp3) is 0.0769. The number of tetrazole rings is 1. The Bertz CT molecular complexity index is 713. The van der Waals surface area contributed by atoms with Crippen LogP contribution in [0.3, 0.4) is 0 Å². The molecule has 0 aliphatic heterocycles. The quantitative estimate of drug-likeness (QED) is 0.420. The van der Waals surface area contributed by atoms with E-state index < -0.39 is 0 Å². The van der Waals surface area contributed by atoms with Gasteiger partial charge in [0, 0.05) is 11.9 Å². The van der Waals surface area contributed by atoms with E-state index in [0.717, 1.165) is 22.2 Å². The molecule has 8 heteroatoms. The summed E-state index contributed by atoms with van der Waals surface area (Å²) in [6.07, 6.45) is 1.71. The summed E-state index contributed by atoms with van der Waals surface area (Å²) in [6, 6.07) is 13.6. The summed E-state index contributed by atoms with van der Waals surface area (Å²) in [4.78, 5) is 4.08. The Labute approximate surface area is 125 Å². The average molecular weight is 299 g/mol. The highest BCUT2D eigenvalue weighted by Crippen LogP contribution is 2.22. The van der Waals surface area contributed by atoms with Gasteiger partial charge in [0.1, 0.15) is 5.82 Å². The fourth-order valence-electron chi connectivity index (χ4n) is 1.79. The Morgan fingerprint density at radius 1 is 1.19 bits per heavy atom. The van der Waals surface area contributed by atoms with E-state index in [-0.39, 0.29) is 0 Å². The number of pyridine rings is 1. The Morgan fingerprint density at radius 3 is 2.86 bits per heavy atom. The van der Waals surface area contributed by atoms with Gasteiger partial charge < -0.3 is 5.43 Å². The van der Waals surface area contributed by atoms with Crippen molar-refractivity contribution in [2.24, 2.45) is 5.84 Å². The second-order valence-corrected chi connectivity index (χ2v) is 5.13. The number of anilines is 1. The van der Waals surface area contributed by atoms with Crippen molar-refractivity contribution in [3.8, 4) is 5.69 Å². The highest BCUT2D eigenvalue weighted by Gasteiger charge is 2.09. The van der Waals surface area contributed by atoms with Crippen molar-refractivity contribution in [1.82, 2.24) is 25.2 Å². The summed E-state index contributed by atoms with van der Waals surface area (Å²) in [5, 5.41) is 12.6. The molecule has 21 heavy (non-hydrogen) atoms. The number of thioether (sulfide) groups is 1. The molecule has 0 atom stereocenters. The standard InChI is InChI=1S/C13H13N7S/c14-16-12-8-10(6-7-15-12)9-21-13-17-18-19-20(13)11-4-2-1-3-5-11/h1-8H,9,14H2,(H,15,16). The van der Waals surface area contributed by atoms with Crippen molar-refractivity contribution in [2.75, 3.05) is 5.43 Å². The highest BCUT2D eigenvalue weighted by molar-refractivity contribution is 7.98. The lowest BCUT2D eigenvalue weighted by molar-refractivity contribution is 0.756. The van der Waals surface area contributed by atoms with Gasteiger partial charge in [-0.1, -0.05) is 30.0 Å². The van der Waals surface area contributed by atoms with Crippen LogP contribution in [-0.2, 0) is 5.75 Å². The third kappa shape index (κ3) is 3.18. The maximum absolute atomic E-state index is 5.35. The lowest BCUT2D eigenvalue weighted by Crippen LogP contribution is -2.08. The van der Waals surface area contributed by atoms with E-state index in [1.165, 1.54) is 0 Å². The number of para-hydroxylation sites is 1. The summed E-state index contributed by atoms with van der Waals surface area (Å²) in [5.41, 5.74) is 4.55. The maximum Gasteiger partial charge on any atom is 0.214 e. The molecule has 7 nitrogen and oxygen atoms in total. The lowest BCUT2D eigenvalue weighted by atomic mass is 10.3. The Hall–Kier alpha value is -2.45. The van der Waals surface area contributed by atoms with Gasteiger partial charge in [-0.2, -0.15) is 4.68 Å². The smallest absolute Gasteiger partial charge is 0.214 e. The highest BCUT2D eigenvalue weighted by atomic mass is 32.2. The van der Waals surface area contributed by atoms with Gasteiger partial charge in [0.15, 0.2) is 0 Å². The summed E-state index contributed by atoms with van der Waals surface area (Å²) < 4.78 is 1.72. The third-order valence-corrected chi connectivity index (χ3v) is 3.77. The zero-order valence-corrected chi connectivity index (χ0v) is 11.9. The van der Waals surface area contributed by atoms with Crippen LogP contribution in [0.5, 0.6) is 0 Å². The largest absolute Gasteiger partial charge is 0.308 e. The number of aromatic nitrogens is 5. The fourth-order valence-corrected chi connectivity index (χ4v) is 2.62. The number of nitrogens with two attached hydrogens (primary N) is 1. The molecule has 0 radical (unpaired) electrons. The maximum atomic E-state index is 5.35. The zero-order chi connectivity index (χ0) is 14.5. The van der Waals surface area contributed by atoms with Crippen LogP contribution in [0.25, 0.3) is 5.69 Å². The minimum Gasteiger partial charge on any atom is -0.308 e. The molecule has 1 aromatic carbocycles. The van der Waals surface area contributed by atoms with E-state index in [1.54, 1.807) is 22.6 Å². The first-order valence-corrected chi connectivity index (χ1v) is 7.23. The van der Waals surface area contributed by atoms with Crippen molar-refractivity contribution in [3.05, 3.63) is 54.2 Å². The number of rotatable bonds is 5. The predicted molar refractivity (Wildman–Crippen MR) is 80.8 cm³/mol. The van der Waals surface area contributed by atoms with Gasteiger partial charge in [-0.15, -0.1) is 5.10 Å². The van der Waals surface area contributed by atoms with Gasteiger partial charge >= 0.3 is 0 Å². The van der Waals surface area contributed by atoms with E-state index in [9.17, 15) is 0 Å². The van der Waals surface area contributed by atoms with Crippen LogP contribution in [0.4, 0.5) is 5.82 Å². The number of benzene rings is 1. The van der Waals surface area contributed by atoms with Crippen LogP contribution in [0.1, 0.15) is 5.56 Å². The first-order valence-electron chi connectivity index (χ1n) is 6.25. The predicted octanol–water partition coefficient (Wildman–Crippen LogP) is 1.64. The van der Waals surface area contributed by atoms with Gasteiger partial charge in [-0.25, -0.2) is 10.8 Å². The molecular formula is C13H13N7S. The lowest BCUT2D eigenvalue weighted by Gasteiger charge is -2.05. The normalized spacial score (nSPS) is 10.5. The molecule has 0 saturated heterocycles. The van der Waals surface area contributed by atoms with Crippen molar-refractivity contribution in [2.45, 2.75) is 10.9 Å². The van der Waals surface area contributed by atoms with Crippen molar-refractivity contribution < 1.29 is 0 Å². The molecule has 2 heterocycles. The van der Waals surface area contributed by atoms with Crippen LogP contribution < -0.4 is 11.3 Å². The number of hydrogen-bond donors (Lipinski definition) is 2. The van der Waals surface area contributed by atoms with E-state index in [2.05, 4.69) is 25.9 Å². The van der Waals surface area contributed by atoms with Gasteiger partial charge in [0.25, 0.3) is 0 Å². The van der Waals surface area contributed by atoms with Crippen LogP contribution in [-0.4, -0.2) is 25.2 Å². The molecule has 0 amide bonds. The van der Waals surface area contributed by atoms with Crippen LogP contribution in [0, 0.1) is 0 Å². The van der Waals surface area contributed by atoms with Crippen LogP contribution in [0.2, 0.25) is 0 Å². The minimum absolute atomic E-state index is 0.635. The minimum atomic E-state index is 0.635. The monoisotopic (exact) mass is 299 g/mol. The number of nitrogen functional groups attached to an aromatic ring is 1. The molecule has 0 spiro atoms. The van der Waals surface area contributed by atoms with Crippen molar-refractivity contribution >= 4 is 17.6 Å². The zero-order valence-electron chi connectivity index (χ0n) is 11.0. The van der Waals surface area contributed by atoms with Gasteiger partial charge in [-0.3, -0.25) is 0 Å². The topological polar surface area (TPSA) is 94.5 Å². The molecular weight excluding hydrogens is 286 g/mol. The second kappa shape index (κ2) is 6.33. The van der Waals surface area contributed by atoms with Crippen LogP contribution in [0.15, 0.2) is 53.8 Å². The first kappa shape index (κ1) is 13.5. The molecule has 2 aromatic heterocycles. The molecule has 0 unspecified atom stereocenters. The Kier molecular flexibility index (Phi) is 4.08. The number of nitrogens with zero attached hydrogens (tertiary/aromatic N) is 5. The second-order valence-electron chi connectivity index (χ2n) is 4.19. The van der Waals surface area contributed by atoms with E-state index in [1.807, 2.05) is 42.5 Å². The molecule has 3 rings (SSSR count). The third-order valence-electron chi connectivity index (χ3n) is 2.78. The summed E-state index contributed by atoms with van der Waals surface area (Å²) in [5.74, 6) is 6.72. The molecule has 0 aliphatic rings. The molecule has 0 saturated carbocycles. The van der Waals surface area contributed by atoms with E-state index in [0.29, 0.717) is 5.82 Å². The SMILES string of the molecule is NNc1cc(CSc2nnnn2-c2ccccc2)ccn1. The van der Waals surface area contributed by atoms with Gasteiger partial charge in [0.2, 0.25) is 5.16 Å². The number of hydrogen-bond acceptors (Lipinski definition) is 7. The molecule has 3 aromatic rings. The van der Waals surface area contributed by atoms with Crippen molar-refractivity contribution in [1.29, 1.82) is 0 Å². The van der Waals surface area contributed by atoms with Gasteiger partial charge in [0.05, 0.1) is 5.69 Å². The molecule has 0 fully saturated rings. The van der Waals surface area contributed by atoms with Crippen molar-refractivity contribution in [3.63, 3.8) is 0 Å². The number of hydrazine groups is 1. The molecule has 0 aliphatic carbocycles.